The van der Waals surface area contributed by atoms with Gasteiger partial charge >= 0.3 is 18.3 Å². The molecule has 86 valence electrons. The van der Waals surface area contributed by atoms with E-state index >= 15 is 0 Å². The zero-order valence-corrected chi connectivity index (χ0v) is 6.19. The highest BCUT2D eigenvalue weighted by atomic mass is 19.4. The molecule has 0 aromatic rings. The lowest BCUT2D eigenvalue weighted by Crippen LogP contribution is -2.46. The lowest BCUT2D eigenvalue weighted by atomic mass is 10.1. The molecule has 0 aliphatic heterocycles. The molecule has 0 aliphatic rings. The number of halogens is 9. The molecule has 0 radical (unpaired) electrons. The van der Waals surface area contributed by atoms with Gasteiger partial charge in [0.1, 0.15) is 0 Å². The van der Waals surface area contributed by atoms with E-state index in [9.17, 15) is 39.5 Å². The second-order valence-electron chi connectivity index (χ2n) is 2.41. The van der Waals surface area contributed by atoms with Crippen LogP contribution in [0.2, 0.25) is 0 Å². The first-order valence-electron chi connectivity index (χ1n) is 3.03. The number of rotatable bonds is 2. The maximum atomic E-state index is 12.0. The predicted octanol–water partition coefficient (Wildman–Crippen LogP) is 3.47. The summed E-state index contributed by atoms with van der Waals surface area (Å²) >= 11 is 0. The molecule has 0 rings (SSSR count). The van der Waals surface area contributed by atoms with Gasteiger partial charge in [-0.1, -0.05) is 0 Å². The third kappa shape index (κ3) is 3.26. The van der Waals surface area contributed by atoms with Gasteiger partial charge in [0.15, 0.2) is 6.17 Å². The van der Waals surface area contributed by atoms with Crippen LogP contribution in [-0.4, -0.2) is 24.4 Å². The van der Waals surface area contributed by atoms with Crippen LogP contribution >= 0.6 is 0 Å². The van der Waals surface area contributed by atoms with Gasteiger partial charge in [-0.15, -0.1) is 0 Å². The van der Waals surface area contributed by atoms with Gasteiger partial charge in [0.25, 0.3) is 0 Å². The van der Waals surface area contributed by atoms with Crippen molar-refractivity contribution in [1.82, 2.24) is 0 Å². The Balaban J connectivity index is 4.61. The van der Waals surface area contributed by atoms with E-state index < -0.39 is 30.9 Å². The van der Waals surface area contributed by atoms with Crippen molar-refractivity contribution in [3.05, 3.63) is 0 Å². The van der Waals surface area contributed by atoms with Gasteiger partial charge in [0.05, 0.1) is 6.42 Å². The Bertz CT molecular complexity index is 186. The molecule has 0 unspecified atom stereocenters. The van der Waals surface area contributed by atoms with Gasteiger partial charge in [-0.2, -0.15) is 35.1 Å². The summed E-state index contributed by atoms with van der Waals surface area (Å²) in [6, 6.07) is 0. The zero-order chi connectivity index (χ0) is 11.8. The lowest BCUT2D eigenvalue weighted by Gasteiger charge is -2.23. The summed E-state index contributed by atoms with van der Waals surface area (Å²) in [6.45, 7) is 0. The molecule has 0 aliphatic carbocycles. The molecule has 0 nitrogen and oxygen atoms in total. The molecule has 0 fully saturated rings. The lowest BCUT2D eigenvalue weighted by molar-refractivity contribution is -0.312. The summed E-state index contributed by atoms with van der Waals surface area (Å²) in [5.41, 5.74) is 0. The number of hydrogen-bond donors (Lipinski definition) is 0. The van der Waals surface area contributed by atoms with Crippen LogP contribution in [0, 0.1) is 0 Å². The third-order valence-corrected chi connectivity index (χ3v) is 1.18. The van der Waals surface area contributed by atoms with E-state index in [2.05, 4.69) is 0 Å². The average Bonchev–Trinajstić information content (AvgIpc) is 1.80. The topological polar surface area (TPSA) is 0 Å². The van der Waals surface area contributed by atoms with Crippen molar-refractivity contribution in [3.8, 4) is 0 Å². The first kappa shape index (κ1) is 13.4. The van der Waals surface area contributed by atoms with Crippen LogP contribution in [0.15, 0.2) is 0 Å². The Morgan fingerprint density at radius 2 is 1.14 bits per heavy atom. The Hall–Kier alpha value is -0.630. The maximum absolute atomic E-state index is 12.0. The largest absolute Gasteiger partial charge is 0.456 e. The van der Waals surface area contributed by atoms with Crippen molar-refractivity contribution in [2.45, 2.75) is 30.9 Å². The molecule has 0 heterocycles. The molecule has 1 atom stereocenters. The van der Waals surface area contributed by atoms with Gasteiger partial charge in [0, 0.05) is 0 Å². The van der Waals surface area contributed by atoms with Gasteiger partial charge in [-0.3, -0.25) is 0 Å². The summed E-state index contributed by atoms with van der Waals surface area (Å²) in [5.74, 6) is -5.98. The normalized spacial score (nSPS) is 16.9. The van der Waals surface area contributed by atoms with E-state index in [1.165, 1.54) is 0 Å². The van der Waals surface area contributed by atoms with Crippen LogP contribution in [-0.2, 0) is 0 Å². The van der Waals surface area contributed by atoms with Crippen LogP contribution in [0.4, 0.5) is 39.5 Å². The quantitative estimate of drug-likeness (QED) is 0.641. The predicted molar refractivity (Wildman–Crippen MR) is 26.6 cm³/mol. The van der Waals surface area contributed by atoms with E-state index in [4.69, 9.17) is 0 Å². The van der Waals surface area contributed by atoms with E-state index in [0.29, 0.717) is 0 Å². The molecule has 0 saturated heterocycles. The molecule has 9 heteroatoms. The summed E-state index contributed by atoms with van der Waals surface area (Å²) in [6.07, 6.45) is -18.9. The van der Waals surface area contributed by atoms with Gasteiger partial charge in [-0.25, -0.2) is 4.39 Å². The Kier molecular flexibility index (Phi) is 3.34. The highest BCUT2D eigenvalue weighted by Crippen LogP contribution is 2.42. The van der Waals surface area contributed by atoms with Crippen molar-refractivity contribution in [1.29, 1.82) is 0 Å². The molecule has 0 spiro atoms. The summed E-state index contributed by atoms with van der Waals surface area (Å²) in [5, 5.41) is 0. The first-order valence-corrected chi connectivity index (χ1v) is 3.03. The molecule has 0 bridgehead atoms. The van der Waals surface area contributed by atoms with Crippen LogP contribution in [0.3, 0.4) is 0 Å². The number of alkyl halides is 9. The molecular formula is C5H3F9. The average molecular weight is 234 g/mol. The second-order valence-corrected chi connectivity index (χ2v) is 2.41. The Morgan fingerprint density at radius 1 is 0.786 bits per heavy atom. The highest BCUT2D eigenvalue weighted by molar-refractivity contribution is 4.85. The van der Waals surface area contributed by atoms with Crippen molar-refractivity contribution >= 4 is 0 Å². The first-order chi connectivity index (χ1) is 5.88. The molecule has 0 saturated carbocycles. The van der Waals surface area contributed by atoms with Gasteiger partial charge in [0.2, 0.25) is 0 Å². The van der Waals surface area contributed by atoms with Gasteiger partial charge in [-0.05, 0) is 0 Å². The fraction of sp³-hybridized carbons (Fsp3) is 1.00. The standard InChI is InChI=1S/C5H3F9/c6-2(1-3(7,8)9)4(10,11)5(12,13)14/h2H,1H2/t2-/m1/s1. The smallest absolute Gasteiger partial charge is 0.240 e. The molecule has 0 aromatic heterocycles. The summed E-state index contributed by atoms with van der Waals surface area (Å²) in [4.78, 5) is 0. The summed E-state index contributed by atoms with van der Waals surface area (Å²) < 4.78 is 103. The minimum atomic E-state index is -6.32. The third-order valence-electron chi connectivity index (χ3n) is 1.18. The van der Waals surface area contributed by atoms with E-state index in [1.54, 1.807) is 0 Å². The molecule has 0 aromatic carbocycles. The fourth-order valence-corrected chi connectivity index (χ4v) is 0.509. The molecule has 0 amide bonds. The fourth-order valence-electron chi connectivity index (χ4n) is 0.509. The van der Waals surface area contributed by atoms with E-state index in [0.717, 1.165) is 0 Å². The van der Waals surface area contributed by atoms with Crippen molar-refractivity contribution < 1.29 is 39.5 Å². The Labute approximate surface area is 71.7 Å². The minimum Gasteiger partial charge on any atom is -0.240 e. The maximum Gasteiger partial charge on any atom is 0.456 e. The van der Waals surface area contributed by atoms with Crippen molar-refractivity contribution in [2.24, 2.45) is 0 Å². The molecule has 14 heavy (non-hydrogen) atoms. The van der Waals surface area contributed by atoms with Crippen LogP contribution < -0.4 is 0 Å². The molecular weight excluding hydrogens is 231 g/mol. The Morgan fingerprint density at radius 3 is 1.36 bits per heavy atom. The highest BCUT2D eigenvalue weighted by Gasteiger charge is 2.64. The van der Waals surface area contributed by atoms with Crippen molar-refractivity contribution in [2.75, 3.05) is 0 Å². The SMILES string of the molecule is F[C@H](CC(F)(F)F)C(F)(F)C(F)(F)F. The van der Waals surface area contributed by atoms with Crippen LogP contribution in [0.25, 0.3) is 0 Å². The summed E-state index contributed by atoms with van der Waals surface area (Å²) in [7, 11) is 0. The number of hydrogen-bond acceptors (Lipinski definition) is 0. The van der Waals surface area contributed by atoms with Gasteiger partial charge < -0.3 is 0 Å². The molecule has 0 N–H and O–H groups in total. The second kappa shape index (κ2) is 3.50. The monoisotopic (exact) mass is 234 g/mol. The van der Waals surface area contributed by atoms with Crippen LogP contribution in [0.1, 0.15) is 6.42 Å². The zero-order valence-electron chi connectivity index (χ0n) is 6.19. The van der Waals surface area contributed by atoms with Crippen LogP contribution in [0.5, 0.6) is 0 Å². The van der Waals surface area contributed by atoms with Crippen molar-refractivity contribution in [3.63, 3.8) is 0 Å². The minimum absolute atomic E-state index is 2.83. The van der Waals surface area contributed by atoms with E-state index in [-0.39, 0.29) is 0 Å². The van der Waals surface area contributed by atoms with E-state index in [1.807, 2.05) is 0 Å².